The third-order valence-electron chi connectivity index (χ3n) is 5.31. The maximum absolute atomic E-state index is 12.4. The number of carbonyl (C=O) groups excluding carboxylic acids is 2. The van der Waals surface area contributed by atoms with Crippen LogP contribution in [0.5, 0.6) is 5.75 Å². The molecule has 0 bridgehead atoms. The van der Waals surface area contributed by atoms with Gasteiger partial charge in [0, 0.05) is 17.3 Å². The lowest BCUT2D eigenvalue weighted by Crippen LogP contribution is -2.21. The van der Waals surface area contributed by atoms with E-state index >= 15 is 0 Å². The number of hydrogen-bond donors (Lipinski definition) is 2. The van der Waals surface area contributed by atoms with E-state index < -0.39 is 0 Å². The second-order valence-corrected chi connectivity index (χ2v) is 8.43. The molecule has 0 saturated heterocycles. The summed E-state index contributed by atoms with van der Waals surface area (Å²) in [6, 6.07) is 11.4. The highest BCUT2D eigenvalue weighted by Gasteiger charge is 2.29. The highest BCUT2D eigenvalue weighted by Crippen LogP contribution is 2.32. The first-order chi connectivity index (χ1) is 13.9. The van der Waals surface area contributed by atoms with Crippen LogP contribution in [0.15, 0.2) is 40.9 Å². The molecule has 1 unspecified atom stereocenters. The van der Waals surface area contributed by atoms with Crippen LogP contribution in [-0.4, -0.2) is 18.4 Å². The summed E-state index contributed by atoms with van der Waals surface area (Å²) in [5.41, 5.74) is 3.45. The van der Waals surface area contributed by atoms with Gasteiger partial charge < -0.3 is 15.4 Å². The SMILES string of the molecule is CCC(C)c1ccc(OCC(=O)Nc2cccc(NC(=O)C3CC3)c2C)c(Br)c1. The van der Waals surface area contributed by atoms with Crippen molar-refractivity contribution in [3.63, 3.8) is 0 Å². The number of carbonyl (C=O) groups is 2. The Bertz CT molecular complexity index is 909. The molecule has 2 N–H and O–H groups in total. The van der Waals surface area contributed by atoms with E-state index in [1.54, 1.807) is 0 Å². The summed E-state index contributed by atoms with van der Waals surface area (Å²) in [7, 11) is 0. The van der Waals surface area contributed by atoms with Crippen molar-refractivity contribution in [1.29, 1.82) is 0 Å². The minimum Gasteiger partial charge on any atom is -0.483 e. The summed E-state index contributed by atoms with van der Waals surface area (Å²) in [6.07, 6.45) is 2.97. The van der Waals surface area contributed by atoms with E-state index in [-0.39, 0.29) is 24.3 Å². The lowest BCUT2D eigenvalue weighted by molar-refractivity contribution is -0.118. The van der Waals surface area contributed by atoms with Crippen LogP contribution in [0.1, 0.15) is 50.2 Å². The lowest BCUT2D eigenvalue weighted by atomic mass is 9.99. The average Bonchev–Trinajstić information content (AvgIpc) is 3.55. The fraction of sp³-hybridized carbons (Fsp3) is 0.391. The molecule has 29 heavy (non-hydrogen) atoms. The number of hydrogen-bond acceptors (Lipinski definition) is 3. The van der Waals surface area contributed by atoms with Gasteiger partial charge >= 0.3 is 0 Å². The molecular formula is C23H27BrN2O3. The van der Waals surface area contributed by atoms with Gasteiger partial charge in [0.2, 0.25) is 5.91 Å². The maximum atomic E-state index is 12.4. The van der Waals surface area contributed by atoms with Crippen molar-refractivity contribution in [3.8, 4) is 5.75 Å². The number of ether oxygens (including phenoxy) is 1. The first-order valence-electron chi connectivity index (χ1n) is 10.0. The Hall–Kier alpha value is -2.34. The monoisotopic (exact) mass is 458 g/mol. The zero-order valence-electron chi connectivity index (χ0n) is 17.0. The van der Waals surface area contributed by atoms with E-state index in [9.17, 15) is 9.59 Å². The standard InChI is InChI=1S/C23H27BrN2O3/c1-4-14(2)17-10-11-21(18(24)12-17)29-13-22(27)25-19-6-5-7-20(15(19)3)26-23(28)16-8-9-16/h5-7,10-12,14,16H,4,8-9,13H2,1-3H3,(H,25,27)(H,26,28). The van der Waals surface area contributed by atoms with E-state index in [4.69, 9.17) is 4.74 Å². The summed E-state index contributed by atoms with van der Waals surface area (Å²) in [5.74, 6) is 1.03. The summed E-state index contributed by atoms with van der Waals surface area (Å²) in [6.45, 7) is 6.11. The zero-order chi connectivity index (χ0) is 21.0. The number of halogens is 1. The average molecular weight is 459 g/mol. The highest BCUT2D eigenvalue weighted by molar-refractivity contribution is 9.10. The lowest BCUT2D eigenvalue weighted by Gasteiger charge is -2.15. The third-order valence-corrected chi connectivity index (χ3v) is 5.93. The fourth-order valence-corrected chi connectivity index (χ4v) is 3.50. The fourth-order valence-electron chi connectivity index (χ4n) is 2.99. The van der Waals surface area contributed by atoms with Crippen LogP contribution in [0.4, 0.5) is 11.4 Å². The van der Waals surface area contributed by atoms with Gasteiger partial charge in [-0.3, -0.25) is 9.59 Å². The molecule has 2 aromatic carbocycles. The van der Waals surface area contributed by atoms with Gasteiger partial charge in [0.25, 0.3) is 5.91 Å². The van der Waals surface area contributed by atoms with E-state index in [1.165, 1.54) is 5.56 Å². The van der Waals surface area contributed by atoms with Gasteiger partial charge in [0.05, 0.1) is 4.47 Å². The molecule has 3 rings (SSSR count). The minimum atomic E-state index is -0.253. The number of benzene rings is 2. The molecule has 2 aromatic rings. The number of amides is 2. The normalized spacial score (nSPS) is 14.2. The number of nitrogens with one attached hydrogen (secondary N) is 2. The van der Waals surface area contributed by atoms with Gasteiger partial charge in [-0.25, -0.2) is 0 Å². The smallest absolute Gasteiger partial charge is 0.262 e. The van der Waals surface area contributed by atoms with Crippen LogP contribution in [0.25, 0.3) is 0 Å². The molecule has 1 atom stereocenters. The van der Waals surface area contributed by atoms with Crippen LogP contribution in [0.3, 0.4) is 0 Å². The topological polar surface area (TPSA) is 67.4 Å². The van der Waals surface area contributed by atoms with Gasteiger partial charge in [0.15, 0.2) is 6.61 Å². The molecule has 6 heteroatoms. The zero-order valence-corrected chi connectivity index (χ0v) is 18.6. The van der Waals surface area contributed by atoms with E-state index in [0.717, 1.165) is 35.0 Å². The van der Waals surface area contributed by atoms with E-state index in [2.05, 4.69) is 40.4 Å². The van der Waals surface area contributed by atoms with Crippen molar-refractivity contribution >= 4 is 39.1 Å². The molecule has 0 aromatic heterocycles. The molecule has 1 aliphatic rings. The predicted octanol–water partition coefficient (Wildman–Crippen LogP) is 5.64. The van der Waals surface area contributed by atoms with Crippen molar-refractivity contribution in [1.82, 2.24) is 0 Å². The van der Waals surface area contributed by atoms with Crippen molar-refractivity contribution in [2.45, 2.75) is 46.0 Å². The molecule has 1 fully saturated rings. The Morgan fingerprint density at radius 3 is 2.48 bits per heavy atom. The largest absolute Gasteiger partial charge is 0.483 e. The first kappa shape index (κ1) is 21.4. The van der Waals surface area contributed by atoms with Crippen molar-refractivity contribution in [2.75, 3.05) is 17.2 Å². The molecule has 154 valence electrons. The molecule has 0 spiro atoms. The van der Waals surface area contributed by atoms with Gasteiger partial charge in [-0.15, -0.1) is 0 Å². The van der Waals surface area contributed by atoms with Gasteiger partial charge in [-0.1, -0.05) is 26.0 Å². The van der Waals surface area contributed by atoms with Crippen LogP contribution in [0.2, 0.25) is 0 Å². The molecule has 1 saturated carbocycles. The van der Waals surface area contributed by atoms with Crippen molar-refractivity contribution < 1.29 is 14.3 Å². The molecular weight excluding hydrogens is 432 g/mol. The Kier molecular flexibility index (Phi) is 6.96. The molecule has 0 radical (unpaired) electrons. The Morgan fingerprint density at radius 2 is 1.86 bits per heavy atom. The van der Waals surface area contributed by atoms with E-state index in [1.807, 2.05) is 43.3 Å². The molecule has 1 aliphatic carbocycles. The predicted molar refractivity (Wildman–Crippen MR) is 120 cm³/mol. The molecule has 0 heterocycles. The second kappa shape index (κ2) is 9.44. The van der Waals surface area contributed by atoms with Gasteiger partial charge in [0.1, 0.15) is 5.75 Å². The van der Waals surface area contributed by atoms with Crippen LogP contribution in [0, 0.1) is 12.8 Å². The van der Waals surface area contributed by atoms with Gasteiger partial charge in [-0.05, 0) is 83.4 Å². The van der Waals surface area contributed by atoms with Crippen LogP contribution >= 0.6 is 15.9 Å². The first-order valence-corrected chi connectivity index (χ1v) is 10.8. The van der Waals surface area contributed by atoms with E-state index in [0.29, 0.717) is 17.4 Å². The number of anilines is 2. The maximum Gasteiger partial charge on any atom is 0.262 e. The summed E-state index contributed by atoms with van der Waals surface area (Å²) < 4.78 is 6.52. The molecule has 5 nitrogen and oxygen atoms in total. The molecule has 0 aliphatic heterocycles. The highest BCUT2D eigenvalue weighted by atomic mass is 79.9. The Morgan fingerprint density at radius 1 is 1.17 bits per heavy atom. The summed E-state index contributed by atoms with van der Waals surface area (Å²) >= 11 is 3.53. The van der Waals surface area contributed by atoms with Crippen molar-refractivity contribution in [2.24, 2.45) is 5.92 Å². The molecule has 2 amide bonds. The summed E-state index contributed by atoms with van der Waals surface area (Å²) in [5, 5.41) is 5.81. The quantitative estimate of drug-likeness (QED) is 0.537. The number of rotatable bonds is 8. The Labute approximate surface area is 180 Å². The minimum absolute atomic E-state index is 0.0469. The summed E-state index contributed by atoms with van der Waals surface area (Å²) in [4.78, 5) is 24.4. The third kappa shape index (κ3) is 5.60. The Balaban J connectivity index is 1.59. The van der Waals surface area contributed by atoms with Crippen molar-refractivity contribution in [3.05, 3.63) is 52.0 Å². The van der Waals surface area contributed by atoms with Gasteiger partial charge in [-0.2, -0.15) is 0 Å². The van der Waals surface area contributed by atoms with Crippen LogP contribution < -0.4 is 15.4 Å². The second-order valence-electron chi connectivity index (χ2n) is 7.58. The van der Waals surface area contributed by atoms with Crippen LogP contribution in [-0.2, 0) is 9.59 Å².